The number of nitrogen functional groups attached to an aromatic ring is 1. The third-order valence-corrected chi connectivity index (χ3v) is 4.22. The Labute approximate surface area is 111 Å². The van der Waals surface area contributed by atoms with E-state index in [4.69, 9.17) is 5.73 Å². The van der Waals surface area contributed by atoms with E-state index in [1.54, 1.807) is 0 Å². The van der Waals surface area contributed by atoms with Gasteiger partial charge in [-0.05, 0) is 31.5 Å². The highest BCUT2D eigenvalue weighted by molar-refractivity contribution is 9.10. The Hall–Kier alpha value is -0.580. The van der Waals surface area contributed by atoms with Crippen molar-refractivity contribution in [3.8, 4) is 0 Å². The molecule has 0 saturated carbocycles. The number of nitrogens with zero attached hydrogens (tertiary/aromatic N) is 1. The highest BCUT2D eigenvalue weighted by Gasteiger charge is 2.22. The van der Waals surface area contributed by atoms with E-state index in [2.05, 4.69) is 20.8 Å². The second-order valence-electron chi connectivity index (χ2n) is 4.61. The molecule has 1 aromatic carbocycles. The Kier molecular flexibility index (Phi) is 4.42. The number of likely N-dealkylation sites (tertiary alicyclic amines) is 1. The second-order valence-corrected chi connectivity index (χ2v) is 5.46. The number of halogens is 1. The molecule has 0 aromatic heterocycles. The second kappa shape index (κ2) is 5.85. The molecule has 1 aromatic rings. The Morgan fingerprint density at radius 1 is 1.41 bits per heavy atom. The van der Waals surface area contributed by atoms with E-state index in [-0.39, 0.29) is 12.6 Å². The summed E-state index contributed by atoms with van der Waals surface area (Å²) in [6.07, 6.45) is 3.51. The smallest absolute Gasteiger partial charge is 0.0586 e. The average Bonchev–Trinajstić information content (AvgIpc) is 2.34. The van der Waals surface area contributed by atoms with Crippen LogP contribution in [0.3, 0.4) is 0 Å². The fourth-order valence-electron chi connectivity index (χ4n) is 2.42. The number of nitrogens with two attached hydrogens (primary N) is 1. The monoisotopic (exact) mass is 298 g/mol. The van der Waals surface area contributed by atoms with Crippen molar-refractivity contribution in [2.75, 3.05) is 18.9 Å². The Bertz CT molecular complexity index is 363. The summed E-state index contributed by atoms with van der Waals surface area (Å²) in [5, 5.41) is 9.39. The molecule has 1 saturated heterocycles. The van der Waals surface area contributed by atoms with E-state index < -0.39 is 0 Å². The van der Waals surface area contributed by atoms with Gasteiger partial charge in [0.05, 0.1) is 6.61 Å². The maximum atomic E-state index is 9.39. The number of anilines is 1. The molecule has 1 fully saturated rings. The highest BCUT2D eigenvalue weighted by atomic mass is 79.9. The zero-order valence-electron chi connectivity index (χ0n) is 9.90. The third-order valence-electron chi connectivity index (χ3n) is 3.48. The lowest BCUT2D eigenvalue weighted by Gasteiger charge is -2.35. The van der Waals surface area contributed by atoms with E-state index in [0.29, 0.717) is 0 Å². The van der Waals surface area contributed by atoms with Crippen LogP contribution in [0.1, 0.15) is 24.8 Å². The summed E-state index contributed by atoms with van der Waals surface area (Å²) in [7, 11) is 0. The van der Waals surface area contributed by atoms with Gasteiger partial charge in [0.25, 0.3) is 0 Å². The quantitative estimate of drug-likeness (QED) is 0.843. The van der Waals surface area contributed by atoms with Crippen molar-refractivity contribution in [3.05, 3.63) is 28.2 Å². The van der Waals surface area contributed by atoms with Crippen LogP contribution in [0.25, 0.3) is 0 Å². The zero-order valence-corrected chi connectivity index (χ0v) is 11.5. The Balaban J connectivity index is 2.13. The zero-order chi connectivity index (χ0) is 12.3. The minimum atomic E-state index is 0.240. The molecule has 3 nitrogen and oxygen atoms in total. The van der Waals surface area contributed by atoms with Crippen LogP contribution in [0, 0.1) is 0 Å². The van der Waals surface area contributed by atoms with Gasteiger partial charge in [-0.15, -0.1) is 0 Å². The van der Waals surface area contributed by atoms with Crippen LogP contribution in [-0.2, 0) is 6.54 Å². The van der Waals surface area contributed by atoms with Crippen molar-refractivity contribution in [3.63, 3.8) is 0 Å². The molecule has 1 aliphatic heterocycles. The third kappa shape index (κ3) is 3.00. The van der Waals surface area contributed by atoms with Crippen LogP contribution in [0.2, 0.25) is 0 Å². The summed E-state index contributed by atoms with van der Waals surface area (Å²) in [6.45, 7) is 2.11. The molecule has 94 valence electrons. The van der Waals surface area contributed by atoms with Crippen LogP contribution in [-0.4, -0.2) is 29.2 Å². The van der Waals surface area contributed by atoms with E-state index >= 15 is 0 Å². The molecule has 1 heterocycles. The summed E-state index contributed by atoms with van der Waals surface area (Å²) in [5.74, 6) is 0. The summed E-state index contributed by atoms with van der Waals surface area (Å²) in [4.78, 5) is 2.33. The Morgan fingerprint density at radius 3 is 2.94 bits per heavy atom. The van der Waals surface area contributed by atoms with Crippen molar-refractivity contribution < 1.29 is 5.11 Å². The van der Waals surface area contributed by atoms with Crippen molar-refractivity contribution in [1.29, 1.82) is 0 Å². The van der Waals surface area contributed by atoms with Crippen molar-refractivity contribution in [2.24, 2.45) is 0 Å². The largest absolute Gasteiger partial charge is 0.398 e. The lowest BCUT2D eigenvalue weighted by Crippen LogP contribution is -2.41. The molecule has 0 bridgehead atoms. The molecule has 0 amide bonds. The molecule has 3 N–H and O–H groups in total. The van der Waals surface area contributed by atoms with Gasteiger partial charge in [0.15, 0.2) is 0 Å². The molecular formula is C13H19BrN2O. The summed E-state index contributed by atoms with van der Waals surface area (Å²) < 4.78 is 1.06. The first-order chi connectivity index (χ1) is 8.22. The van der Waals surface area contributed by atoms with E-state index in [1.165, 1.54) is 12.8 Å². The summed E-state index contributed by atoms with van der Waals surface area (Å²) in [5.41, 5.74) is 7.96. The maximum absolute atomic E-state index is 9.39. The average molecular weight is 299 g/mol. The van der Waals surface area contributed by atoms with E-state index in [1.807, 2.05) is 18.2 Å². The molecule has 17 heavy (non-hydrogen) atoms. The van der Waals surface area contributed by atoms with Gasteiger partial charge < -0.3 is 10.8 Å². The predicted molar refractivity (Wildman–Crippen MR) is 73.7 cm³/mol. The molecule has 1 atom stereocenters. The number of aliphatic hydroxyl groups excluding tert-OH is 1. The van der Waals surface area contributed by atoms with Gasteiger partial charge in [-0.3, -0.25) is 4.90 Å². The summed E-state index contributed by atoms with van der Waals surface area (Å²) >= 11 is 3.55. The lowest BCUT2D eigenvalue weighted by molar-refractivity contribution is 0.0841. The minimum Gasteiger partial charge on any atom is -0.398 e. The van der Waals surface area contributed by atoms with Crippen molar-refractivity contribution in [2.45, 2.75) is 31.8 Å². The van der Waals surface area contributed by atoms with Gasteiger partial charge in [0.2, 0.25) is 0 Å². The van der Waals surface area contributed by atoms with Gasteiger partial charge >= 0.3 is 0 Å². The predicted octanol–water partition coefficient (Wildman–Crippen LogP) is 2.38. The van der Waals surface area contributed by atoms with Crippen LogP contribution in [0.5, 0.6) is 0 Å². The molecule has 4 heteroatoms. The molecule has 1 unspecified atom stereocenters. The van der Waals surface area contributed by atoms with Gasteiger partial charge in [-0.25, -0.2) is 0 Å². The SMILES string of the molecule is Nc1cccc(Br)c1CN1CCCCC1CO. The van der Waals surface area contributed by atoms with Crippen LogP contribution in [0.4, 0.5) is 5.69 Å². The molecular weight excluding hydrogens is 280 g/mol. The minimum absolute atomic E-state index is 0.240. The van der Waals surface area contributed by atoms with Gasteiger partial charge in [0, 0.05) is 28.3 Å². The number of piperidine rings is 1. The Morgan fingerprint density at radius 2 is 2.24 bits per heavy atom. The summed E-state index contributed by atoms with van der Waals surface area (Å²) in [6, 6.07) is 6.18. The molecule has 0 radical (unpaired) electrons. The molecule has 1 aliphatic rings. The van der Waals surface area contributed by atoms with Crippen LogP contribution in [0.15, 0.2) is 22.7 Å². The normalized spacial score (nSPS) is 21.6. The van der Waals surface area contributed by atoms with E-state index in [0.717, 1.165) is 35.2 Å². The number of aliphatic hydroxyl groups is 1. The highest BCUT2D eigenvalue weighted by Crippen LogP contribution is 2.27. The standard InChI is InChI=1S/C13H19BrN2O/c14-12-5-3-6-13(15)11(12)8-16-7-2-1-4-10(16)9-17/h3,5-6,10,17H,1-2,4,7-9,15H2. The number of rotatable bonds is 3. The van der Waals surface area contributed by atoms with Gasteiger partial charge in [0.1, 0.15) is 0 Å². The molecule has 2 rings (SSSR count). The van der Waals surface area contributed by atoms with E-state index in [9.17, 15) is 5.11 Å². The lowest BCUT2D eigenvalue weighted by atomic mass is 10.0. The fraction of sp³-hybridized carbons (Fsp3) is 0.538. The molecule has 0 spiro atoms. The van der Waals surface area contributed by atoms with Crippen molar-refractivity contribution >= 4 is 21.6 Å². The maximum Gasteiger partial charge on any atom is 0.0586 e. The fourth-order valence-corrected chi connectivity index (χ4v) is 2.93. The van der Waals surface area contributed by atoms with Gasteiger partial charge in [-0.1, -0.05) is 28.4 Å². The number of hydrogen-bond acceptors (Lipinski definition) is 3. The van der Waals surface area contributed by atoms with Crippen molar-refractivity contribution in [1.82, 2.24) is 4.90 Å². The topological polar surface area (TPSA) is 49.5 Å². The van der Waals surface area contributed by atoms with Gasteiger partial charge in [-0.2, -0.15) is 0 Å². The number of benzene rings is 1. The first-order valence-corrected chi connectivity index (χ1v) is 6.89. The van der Waals surface area contributed by atoms with Crippen LogP contribution < -0.4 is 5.73 Å². The first kappa shape index (κ1) is 12.9. The molecule has 0 aliphatic carbocycles. The van der Waals surface area contributed by atoms with Crippen LogP contribution >= 0.6 is 15.9 Å². The first-order valence-electron chi connectivity index (χ1n) is 6.10. The number of hydrogen-bond donors (Lipinski definition) is 2.